The number of unbranched alkanes of at least 4 members (excludes halogenated alkanes) is 59. The zero-order chi connectivity index (χ0) is 59.2. The Morgan fingerprint density at radius 1 is 0.329 bits per heavy atom. The smallest absolute Gasteiger partial charge is 0.305 e. The highest BCUT2D eigenvalue weighted by Crippen LogP contribution is 2.20. The molecule has 2 unspecified atom stereocenters. The van der Waals surface area contributed by atoms with E-state index in [4.69, 9.17) is 4.74 Å². The molecule has 0 bridgehead atoms. The van der Waals surface area contributed by atoms with E-state index < -0.39 is 12.1 Å². The number of hydrogen-bond donors (Lipinski definition) is 3. The number of carbonyl (C=O) groups is 2. The standard InChI is InChI=1S/C76H149NO5/c1-3-5-7-9-11-13-15-17-19-21-23-33-36-40-44-48-52-56-60-64-68-74(79)73(72-78)77-75(80)69-65-61-57-53-49-45-41-37-34-30-28-26-24-25-27-29-31-35-39-43-47-51-55-59-63-67-71-82-76(81)70-66-62-58-54-50-46-42-38-32-22-20-18-16-14-12-10-8-6-4-2/h24,26,73-74,78-79H,3-23,25,27-72H2,1-2H3,(H,77,80)/b26-24-. The first-order chi connectivity index (χ1) is 40.5. The fraction of sp³-hybridized carbons (Fsp3) is 0.947. The second-order valence-corrected chi connectivity index (χ2v) is 26.3. The van der Waals surface area contributed by atoms with Gasteiger partial charge in [0, 0.05) is 12.8 Å². The Morgan fingerprint density at radius 3 is 0.866 bits per heavy atom. The number of esters is 1. The van der Waals surface area contributed by atoms with Crippen molar-refractivity contribution in [2.24, 2.45) is 0 Å². The molecule has 0 heterocycles. The van der Waals surface area contributed by atoms with E-state index in [2.05, 4.69) is 31.3 Å². The summed E-state index contributed by atoms with van der Waals surface area (Å²) in [5.41, 5.74) is 0. The van der Waals surface area contributed by atoms with E-state index in [1.54, 1.807) is 0 Å². The second kappa shape index (κ2) is 72.1. The van der Waals surface area contributed by atoms with Gasteiger partial charge in [-0.1, -0.05) is 386 Å². The molecule has 0 aliphatic heterocycles. The summed E-state index contributed by atoms with van der Waals surface area (Å²) in [6, 6.07) is -0.543. The topological polar surface area (TPSA) is 95.9 Å². The third-order valence-corrected chi connectivity index (χ3v) is 18.1. The molecule has 0 fully saturated rings. The van der Waals surface area contributed by atoms with Crippen LogP contribution in [0.1, 0.15) is 438 Å². The molecule has 0 spiro atoms. The van der Waals surface area contributed by atoms with Crippen LogP contribution in [0.15, 0.2) is 12.2 Å². The molecule has 0 radical (unpaired) electrons. The Hall–Kier alpha value is -1.40. The van der Waals surface area contributed by atoms with Crippen LogP contribution < -0.4 is 5.32 Å². The highest BCUT2D eigenvalue weighted by atomic mass is 16.5. The van der Waals surface area contributed by atoms with Crippen molar-refractivity contribution in [3.63, 3.8) is 0 Å². The zero-order valence-corrected chi connectivity index (χ0v) is 56.0. The first kappa shape index (κ1) is 80.6. The maximum absolute atomic E-state index is 12.5. The minimum Gasteiger partial charge on any atom is -0.466 e. The molecule has 6 nitrogen and oxygen atoms in total. The fourth-order valence-electron chi connectivity index (χ4n) is 12.3. The lowest BCUT2D eigenvalue weighted by atomic mass is 10.0. The molecule has 0 saturated heterocycles. The minimum atomic E-state index is -0.666. The summed E-state index contributed by atoms with van der Waals surface area (Å²) in [7, 11) is 0. The van der Waals surface area contributed by atoms with Crippen LogP contribution in [0.3, 0.4) is 0 Å². The van der Waals surface area contributed by atoms with Crippen molar-refractivity contribution in [1.29, 1.82) is 0 Å². The van der Waals surface area contributed by atoms with Gasteiger partial charge in [0.2, 0.25) is 5.91 Å². The quantitative estimate of drug-likeness (QED) is 0.0320. The molecule has 0 aromatic carbocycles. The lowest BCUT2D eigenvalue weighted by Gasteiger charge is -2.22. The van der Waals surface area contributed by atoms with Gasteiger partial charge in [-0.15, -0.1) is 0 Å². The van der Waals surface area contributed by atoms with Crippen molar-refractivity contribution in [2.75, 3.05) is 13.2 Å². The molecule has 488 valence electrons. The summed E-state index contributed by atoms with van der Waals surface area (Å²) >= 11 is 0. The lowest BCUT2D eigenvalue weighted by molar-refractivity contribution is -0.143. The predicted octanol–water partition coefficient (Wildman–Crippen LogP) is 24.7. The monoisotopic (exact) mass is 1160 g/mol. The van der Waals surface area contributed by atoms with Crippen molar-refractivity contribution < 1.29 is 24.5 Å². The van der Waals surface area contributed by atoms with Gasteiger partial charge in [0.15, 0.2) is 0 Å². The molecule has 6 heteroatoms. The van der Waals surface area contributed by atoms with Gasteiger partial charge in [-0.3, -0.25) is 9.59 Å². The summed E-state index contributed by atoms with van der Waals surface area (Å²) in [5.74, 6) is -0.0113. The van der Waals surface area contributed by atoms with E-state index in [0.29, 0.717) is 25.9 Å². The normalized spacial score (nSPS) is 12.5. The van der Waals surface area contributed by atoms with Gasteiger partial charge < -0.3 is 20.3 Å². The van der Waals surface area contributed by atoms with E-state index in [-0.39, 0.29) is 18.5 Å². The van der Waals surface area contributed by atoms with Crippen molar-refractivity contribution in [3.8, 4) is 0 Å². The highest BCUT2D eigenvalue weighted by molar-refractivity contribution is 5.76. The number of amides is 1. The van der Waals surface area contributed by atoms with Crippen LogP contribution >= 0.6 is 0 Å². The van der Waals surface area contributed by atoms with Gasteiger partial charge >= 0.3 is 5.97 Å². The van der Waals surface area contributed by atoms with Crippen LogP contribution in [-0.2, 0) is 14.3 Å². The number of allylic oxidation sites excluding steroid dienone is 2. The minimum absolute atomic E-state index is 0.0205. The second-order valence-electron chi connectivity index (χ2n) is 26.3. The highest BCUT2D eigenvalue weighted by Gasteiger charge is 2.20. The molecule has 3 N–H and O–H groups in total. The average Bonchev–Trinajstić information content (AvgIpc) is 3.48. The van der Waals surface area contributed by atoms with E-state index in [1.807, 2.05) is 0 Å². The van der Waals surface area contributed by atoms with Gasteiger partial charge in [-0.05, 0) is 51.4 Å². The van der Waals surface area contributed by atoms with Crippen LogP contribution in [0.4, 0.5) is 0 Å². The van der Waals surface area contributed by atoms with E-state index in [0.717, 1.165) is 38.5 Å². The number of ether oxygens (including phenoxy) is 1. The van der Waals surface area contributed by atoms with E-state index >= 15 is 0 Å². The molecule has 0 aromatic rings. The molecule has 0 rings (SSSR count). The molecule has 2 atom stereocenters. The SMILES string of the molecule is CCCCCCCCCCCCCCCCCCCCCCC(O)C(CO)NC(=O)CCCCCCCCCCCC/C=C\CCCCCCCCCCCCCCOC(=O)CCCCCCCCCCCCCCCCCCCCC. The molecule has 0 aromatic heterocycles. The summed E-state index contributed by atoms with van der Waals surface area (Å²) < 4.78 is 5.52. The van der Waals surface area contributed by atoms with Crippen LogP contribution in [0, 0.1) is 0 Å². The number of carbonyl (C=O) groups excluding carboxylic acids is 2. The first-order valence-corrected chi connectivity index (χ1v) is 37.9. The molecular weight excluding hydrogens is 1010 g/mol. The largest absolute Gasteiger partial charge is 0.466 e. The fourth-order valence-corrected chi connectivity index (χ4v) is 12.3. The Bertz CT molecular complexity index is 1240. The number of rotatable bonds is 72. The summed E-state index contributed by atoms with van der Waals surface area (Å²) in [6.07, 6.45) is 89.9. The van der Waals surface area contributed by atoms with E-state index in [1.165, 1.54) is 366 Å². The van der Waals surface area contributed by atoms with Crippen LogP contribution in [0.25, 0.3) is 0 Å². The predicted molar refractivity (Wildman–Crippen MR) is 361 cm³/mol. The maximum atomic E-state index is 12.5. The van der Waals surface area contributed by atoms with Gasteiger partial charge in [-0.25, -0.2) is 0 Å². The molecule has 1 amide bonds. The Morgan fingerprint density at radius 2 is 0.573 bits per heavy atom. The van der Waals surface area contributed by atoms with Crippen LogP contribution in [0.5, 0.6) is 0 Å². The first-order valence-electron chi connectivity index (χ1n) is 37.9. The summed E-state index contributed by atoms with van der Waals surface area (Å²) in [4.78, 5) is 24.7. The van der Waals surface area contributed by atoms with Gasteiger partial charge in [0.1, 0.15) is 0 Å². The molecular formula is C76H149NO5. The van der Waals surface area contributed by atoms with Crippen molar-refractivity contribution in [1.82, 2.24) is 5.32 Å². The van der Waals surface area contributed by atoms with Crippen LogP contribution in [-0.4, -0.2) is 47.4 Å². The van der Waals surface area contributed by atoms with Crippen LogP contribution in [0.2, 0.25) is 0 Å². The van der Waals surface area contributed by atoms with Gasteiger partial charge in [0.25, 0.3) is 0 Å². The van der Waals surface area contributed by atoms with Crippen molar-refractivity contribution >= 4 is 11.9 Å². The third kappa shape index (κ3) is 67.7. The Labute approximate surface area is 514 Å². The van der Waals surface area contributed by atoms with Gasteiger partial charge in [-0.2, -0.15) is 0 Å². The Balaban J connectivity index is 3.36. The van der Waals surface area contributed by atoms with Crippen molar-refractivity contribution in [3.05, 3.63) is 12.2 Å². The maximum Gasteiger partial charge on any atom is 0.305 e. The number of hydrogen-bond acceptors (Lipinski definition) is 5. The van der Waals surface area contributed by atoms with Gasteiger partial charge in [0.05, 0.1) is 25.4 Å². The average molecular weight is 1160 g/mol. The number of aliphatic hydroxyl groups is 2. The zero-order valence-electron chi connectivity index (χ0n) is 56.0. The molecule has 0 aliphatic carbocycles. The lowest BCUT2D eigenvalue weighted by Crippen LogP contribution is -2.45. The summed E-state index contributed by atoms with van der Waals surface area (Å²) in [5, 5.41) is 23.4. The van der Waals surface area contributed by atoms with Crippen molar-refractivity contribution in [2.45, 2.75) is 450 Å². The third-order valence-electron chi connectivity index (χ3n) is 18.1. The molecule has 0 aliphatic rings. The number of aliphatic hydroxyl groups excluding tert-OH is 2. The molecule has 0 saturated carbocycles. The molecule has 82 heavy (non-hydrogen) atoms. The number of nitrogens with one attached hydrogen (secondary N) is 1. The van der Waals surface area contributed by atoms with E-state index in [9.17, 15) is 19.8 Å². The Kier molecular flexibility index (Phi) is 70.8. The summed E-state index contributed by atoms with van der Waals surface area (Å²) in [6.45, 7) is 5.01.